The number of rotatable bonds is 6. The van der Waals surface area contributed by atoms with Crippen molar-refractivity contribution in [3.8, 4) is 0 Å². The fourth-order valence-electron chi connectivity index (χ4n) is 6.30. The van der Waals surface area contributed by atoms with Gasteiger partial charge in [0.25, 0.3) is 0 Å². The third-order valence-electron chi connectivity index (χ3n) is 8.66. The summed E-state index contributed by atoms with van der Waals surface area (Å²) >= 11 is 0. The van der Waals surface area contributed by atoms with E-state index in [1.165, 1.54) is 24.8 Å². The van der Waals surface area contributed by atoms with E-state index in [1.807, 2.05) is 6.07 Å². The number of carbonyl (C=O) groups excluding carboxylic acids is 2. The maximum atomic E-state index is 13.6. The van der Waals surface area contributed by atoms with Gasteiger partial charge < -0.3 is 14.7 Å². The topological polar surface area (TPSA) is 81.2 Å². The SMILES string of the molecule is CN(C)[C@]1(c2ccccc2)C[C@@]2(CN(CC(=O)N3CCS(=O)(=O)CC3)C(=O)N2CC2CCC2)C1. The number of amides is 3. The molecule has 4 aliphatic rings. The van der Waals surface area contributed by atoms with Crippen LogP contribution in [0.2, 0.25) is 0 Å². The lowest BCUT2D eigenvalue weighted by Gasteiger charge is -2.61. The Bertz CT molecular complexity index is 1030. The summed E-state index contributed by atoms with van der Waals surface area (Å²) in [5.74, 6) is 0.416. The van der Waals surface area contributed by atoms with Crippen LogP contribution in [0.3, 0.4) is 0 Å². The van der Waals surface area contributed by atoms with Crippen LogP contribution in [-0.4, -0.2) is 104 Å². The third kappa shape index (κ3) is 4.00. The van der Waals surface area contributed by atoms with Gasteiger partial charge in [-0.3, -0.25) is 9.69 Å². The minimum atomic E-state index is -3.05. The number of sulfone groups is 1. The van der Waals surface area contributed by atoms with E-state index < -0.39 is 9.84 Å². The summed E-state index contributed by atoms with van der Waals surface area (Å²) in [6, 6.07) is 10.5. The number of carbonyl (C=O) groups is 2. The van der Waals surface area contributed by atoms with E-state index in [-0.39, 0.29) is 54.2 Å². The number of benzene rings is 1. The quantitative estimate of drug-likeness (QED) is 0.610. The van der Waals surface area contributed by atoms with Crippen molar-refractivity contribution in [3.63, 3.8) is 0 Å². The van der Waals surface area contributed by atoms with Crippen LogP contribution in [0.1, 0.15) is 37.7 Å². The van der Waals surface area contributed by atoms with Crippen molar-refractivity contribution in [3.05, 3.63) is 35.9 Å². The predicted molar refractivity (Wildman–Crippen MR) is 130 cm³/mol. The first-order valence-corrected chi connectivity index (χ1v) is 14.2. The van der Waals surface area contributed by atoms with Gasteiger partial charge >= 0.3 is 6.03 Å². The molecule has 0 N–H and O–H groups in total. The predicted octanol–water partition coefficient (Wildman–Crippen LogP) is 1.77. The average molecular weight is 489 g/mol. The summed E-state index contributed by atoms with van der Waals surface area (Å²) in [6.45, 7) is 1.79. The summed E-state index contributed by atoms with van der Waals surface area (Å²) < 4.78 is 23.5. The molecule has 1 aromatic rings. The molecule has 0 radical (unpaired) electrons. The second-order valence-electron chi connectivity index (χ2n) is 10.9. The van der Waals surface area contributed by atoms with E-state index >= 15 is 0 Å². The molecule has 0 aromatic heterocycles. The average Bonchev–Trinajstić information content (AvgIpc) is 3.01. The van der Waals surface area contributed by atoms with E-state index in [2.05, 4.69) is 48.2 Å². The lowest BCUT2D eigenvalue weighted by molar-refractivity contribution is -0.131. The molecule has 0 unspecified atom stereocenters. The van der Waals surface area contributed by atoms with Gasteiger partial charge in [-0.05, 0) is 51.3 Å². The maximum Gasteiger partial charge on any atom is 0.321 e. The molecule has 3 amide bonds. The van der Waals surface area contributed by atoms with E-state index in [0.717, 1.165) is 19.4 Å². The smallest absolute Gasteiger partial charge is 0.321 e. The molecule has 2 aliphatic heterocycles. The van der Waals surface area contributed by atoms with Gasteiger partial charge in [0, 0.05) is 26.2 Å². The molecule has 8 nitrogen and oxygen atoms in total. The molecule has 9 heteroatoms. The van der Waals surface area contributed by atoms with Gasteiger partial charge in [-0.2, -0.15) is 0 Å². The Morgan fingerprint density at radius 1 is 1.09 bits per heavy atom. The number of hydrogen-bond donors (Lipinski definition) is 0. The fraction of sp³-hybridized carbons (Fsp3) is 0.680. The lowest BCUT2D eigenvalue weighted by atomic mass is 9.58. The minimum Gasteiger partial charge on any atom is -0.339 e. The second kappa shape index (κ2) is 8.52. The molecule has 186 valence electrons. The number of hydrogen-bond acceptors (Lipinski definition) is 5. The Morgan fingerprint density at radius 2 is 1.74 bits per heavy atom. The number of nitrogens with zero attached hydrogens (tertiary/aromatic N) is 4. The summed E-state index contributed by atoms with van der Waals surface area (Å²) in [6.07, 6.45) is 5.26. The van der Waals surface area contributed by atoms with Crippen molar-refractivity contribution < 1.29 is 18.0 Å². The fourth-order valence-corrected chi connectivity index (χ4v) is 7.50. The summed E-state index contributed by atoms with van der Waals surface area (Å²) in [4.78, 5) is 34.3. The van der Waals surface area contributed by atoms with Crippen molar-refractivity contribution in [1.82, 2.24) is 19.6 Å². The van der Waals surface area contributed by atoms with Crippen molar-refractivity contribution in [2.24, 2.45) is 5.92 Å². The molecule has 4 fully saturated rings. The van der Waals surface area contributed by atoms with Crippen LogP contribution in [0.15, 0.2) is 30.3 Å². The molecule has 1 aromatic carbocycles. The van der Waals surface area contributed by atoms with Crippen molar-refractivity contribution in [1.29, 1.82) is 0 Å². The van der Waals surface area contributed by atoms with Gasteiger partial charge in [0.1, 0.15) is 6.54 Å². The van der Waals surface area contributed by atoms with Crippen LogP contribution in [-0.2, 0) is 20.2 Å². The first-order valence-electron chi connectivity index (χ1n) is 12.4. The zero-order valence-corrected chi connectivity index (χ0v) is 21.1. The van der Waals surface area contributed by atoms with E-state index in [1.54, 1.807) is 9.80 Å². The Balaban J connectivity index is 1.34. The molecule has 2 saturated heterocycles. The van der Waals surface area contributed by atoms with Crippen LogP contribution in [0.5, 0.6) is 0 Å². The normalized spacial score (nSPS) is 31.1. The zero-order chi connectivity index (χ0) is 24.1. The van der Waals surface area contributed by atoms with Crippen molar-refractivity contribution in [2.45, 2.75) is 43.2 Å². The maximum absolute atomic E-state index is 13.6. The third-order valence-corrected chi connectivity index (χ3v) is 10.3. The summed E-state index contributed by atoms with van der Waals surface area (Å²) in [7, 11) is 1.17. The second-order valence-corrected chi connectivity index (χ2v) is 13.3. The van der Waals surface area contributed by atoms with E-state index in [4.69, 9.17) is 0 Å². The largest absolute Gasteiger partial charge is 0.339 e. The molecule has 2 saturated carbocycles. The minimum absolute atomic E-state index is 0.00680. The van der Waals surface area contributed by atoms with Crippen LogP contribution < -0.4 is 0 Å². The molecule has 34 heavy (non-hydrogen) atoms. The first kappa shape index (κ1) is 23.6. The van der Waals surface area contributed by atoms with Crippen molar-refractivity contribution in [2.75, 3.05) is 58.3 Å². The molecule has 2 aliphatic carbocycles. The highest BCUT2D eigenvalue weighted by atomic mass is 32.2. The lowest BCUT2D eigenvalue weighted by Crippen LogP contribution is -2.68. The van der Waals surface area contributed by atoms with E-state index in [9.17, 15) is 18.0 Å². The van der Waals surface area contributed by atoms with Gasteiger partial charge in [-0.1, -0.05) is 36.8 Å². The number of urea groups is 1. The summed E-state index contributed by atoms with van der Waals surface area (Å²) in [5.41, 5.74) is 0.879. The standard InChI is InChI=1S/C25H36N4O4S/c1-26(2)25(21-9-4-3-5-10-21)17-24(18-25)19-28(23(31)29(24)15-20-7-6-8-20)16-22(30)27-11-13-34(32,33)14-12-27/h3-5,9-10,20H,6-8,11-19H2,1-2H3/t24-,25+. The molecule has 2 heterocycles. The highest BCUT2D eigenvalue weighted by molar-refractivity contribution is 7.91. The monoisotopic (exact) mass is 488 g/mol. The van der Waals surface area contributed by atoms with Gasteiger partial charge in [0.05, 0.1) is 22.6 Å². The molecule has 5 rings (SSSR count). The Hall–Kier alpha value is -2.13. The van der Waals surface area contributed by atoms with Crippen LogP contribution in [0, 0.1) is 5.92 Å². The van der Waals surface area contributed by atoms with Crippen molar-refractivity contribution >= 4 is 21.8 Å². The van der Waals surface area contributed by atoms with Crippen LogP contribution in [0.4, 0.5) is 4.79 Å². The Morgan fingerprint density at radius 3 is 2.29 bits per heavy atom. The molecular weight excluding hydrogens is 452 g/mol. The van der Waals surface area contributed by atoms with Gasteiger partial charge in [0.15, 0.2) is 9.84 Å². The van der Waals surface area contributed by atoms with E-state index in [0.29, 0.717) is 12.5 Å². The molecule has 0 bridgehead atoms. The Kier molecular flexibility index (Phi) is 5.91. The molecule has 0 atom stereocenters. The summed E-state index contributed by atoms with van der Waals surface area (Å²) in [5, 5.41) is 0. The van der Waals surface area contributed by atoms with Gasteiger partial charge in [0.2, 0.25) is 5.91 Å². The molecular formula is C25H36N4O4S. The van der Waals surface area contributed by atoms with Crippen LogP contribution >= 0.6 is 0 Å². The van der Waals surface area contributed by atoms with Gasteiger partial charge in [-0.15, -0.1) is 0 Å². The van der Waals surface area contributed by atoms with Crippen LogP contribution in [0.25, 0.3) is 0 Å². The highest BCUT2D eigenvalue weighted by Gasteiger charge is 2.64. The highest BCUT2D eigenvalue weighted by Crippen LogP contribution is 2.57. The Labute approximate surface area is 202 Å². The van der Waals surface area contributed by atoms with Gasteiger partial charge in [-0.25, -0.2) is 13.2 Å². The first-order chi connectivity index (χ1) is 16.1. The zero-order valence-electron chi connectivity index (χ0n) is 20.3. The molecule has 1 spiro atoms.